The number of likely N-dealkylation sites (N-methyl/N-ethyl adjacent to an activating group) is 1. The van der Waals surface area contributed by atoms with E-state index in [0.29, 0.717) is 18.4 Å². The zero-order valence-corrected chi connectivity index (χ0v) is 14.9. The van der Waals surface area contributed by atoms with E-state index in [9.17, 15) is 14.4 Å². The molecule has 0 aromatic carbocycles. The van der Waals surface area contributed by atoms with Gasteiger partial charge in [0.1, 0.15) is 0 Å². The van der Waals surface area contributed by atoms with Crippen molar-refractivity contribution in [2.75, 3.05) is 20.6 Å². The van der Waals surface area contributed by atoms with Crippen LogP contribution in [0.5, 0.6) is 0 Å². The third-order valence-corrected chi connectivity index (χ3v) is 5.11. The van der Waals surface area contributed by atoms with Gasteiger partial charge in [-0.1, -0.05) is 19.8 Å². The molecule has 5 atom stereocenters. The van der Waals surface area contributed by atoms with Gasteiger partial charge in [0.05, 0.1) is 12.2 Å². The molecule has 0 spiro atoms. The minimum absolute atomic E-state index is 0.0223. The lowest BCUT2D eigenvalue weighted by atomic mass is 9.70. The van der Waals surface area contributed by atoms with E-state index in [-0.39, 0.29) is 11.8 Å². The Bertz CT molecular complexity index is 432. The first-order valence-corrected chi connectivity index (χ1v) is 9.43. The van der Waals surface area contributed by atoms with Crippen LogP contribution in [0.2, 0.25) is 0 Å². The Hall–Kier alpha value is -0.440. The van der Waals surface area contributed by atoms with Gasteiger partial charge >= 0.3 is 7.82 Å². The molecule has 0 bridgehead atoms. The normalized spacial score (nSPS) is 29.1. The van der Waals surface area contributed by atoms with E-state index < -0.39 is 13.9 Å². The third-order valence-electron chi connectivity index (χ3n) is 4.57. The smallest absolute Gasteiger partial charge is 0.307 e. The second-order valence-electron chi connectivity index (χ2n) is 6.98. The maximum Gasteiger partial charge on any atom is 0.469 e. The first kappa shape index (κ1) is 19.6. The summed E-state index contributed by atoms with van der Waals surface area (Å²) in [5.41, 5.74) is 0. The van der Waals surface area contributed by atoms with Crippen molar-refractivity contribution in [1.29, 1.82) is 5.26 Å². The number of phosphoric ester groups is 1. The summed E-state index contributed by atoms with van der Waals surface area (Å²) in [5.74, 6) is 0.930. The van der Waals surface area contributed by atoms with Gasteiger partial charge in [0.2, 0.25) is 0 Å². The molecule has 6 nitrogen and oxygen atoms in total. The topological polar surface area (TPSA) is 93.8 Å². The molecule has 0 aliphatic heterocycles. The fourth-order valence-electron chi connectivity index (χ4n) is 3.52. The fraction of sp³-hybridized carbons (Fsp3) is 0.933. The molecule has 22 heavy (non-hydrogen) atoms. The summed E-state index contributed by atoms with van der Waals surface area (Å²) in [6.45, 7) is 4.54. The van der Waals surface area contributed by atoms with Crippen molar-refractivity contribution in [2.24, 2.45) is 23.7 Å². The van der Waals surface area contributed by atoms with E-state index in [1.54, 1.807) is 0 Å². The lowest BCUT2D eigenvalue weighted by Gasteiger charge is -2.40. The second-order valence-corrected chi connectivity index (χ2v) is 8.17. The monoisotopic (exact) mass is 332 g/mol. The lowest BCUT2D eigenvalue weighted by Crippen LogP contribution is -2.40. The van der Waals surface area contributed by atoms with E-state index >= 15 is 0 Å². The minimum atomic E-state index is -4.50. The van der Waals surface area contributed by atoms with Gasteiger partial charge in [0.15, 0.2) is 0 Å². The highest BCUT2D eigenvalue weighted by molar-refractivity contribution is 7.46. The number of rotatable bonds is 7. The summed E-state index contributed by atoms with van der Waals surface area (Å²) >= 11 is 0. The maximum absolute atomic E-state index is 11.3. The van der Waals surface area contributed by atoms with Gasteiger partial charge in [0, 0.05) is 12.5 Å². The molecule has 1 aliphatic carbocycles. The standard InChI is InChI=1S/C15H29N2O4P/c1-11(9-16)7-13-6-5-12(2)14(8-13)15(10-17(3)4)21-22(18,19)20/h11-15H,5-8,10H2,1-4H3,(H2,18,19,20). The molecule has 0 saturated heterocycles. The van der Waals surface area contributed by atoms with Crippen LogP contribution in [0.3, 0.4) is 0 Å². The molecule has 7 heteroatoms. The van der Waals surface area contributed by atoms with Gasteiger partial charge < -0.3 is 14.7 Å². The van der Waals surface area contributed by atoms with E-state index in [4.69, 9.17) is 9.79 Å². The predicted octanol–water partition coefficient (Wildman–Crippen LogP) is 2.63. The SMILES string of the molecule is CC(C#N)CC1CCC(C)C(C(CN(C)C)OP(=O)(O)O)C1. The third kappa shape index (κ3) is 6.76. The Labute approximate surface area is 133 Å². The van der Waals surface area contributed by atoms with Crippen LogP contribution in [0.15, 0.2) is 0 Å². The Morgan fingerprint density at radius 2 is 2.05 bits per heavy atom. The highest BCUT2D eigenvalue weighted by Crippen LogP contribution is 2.45. The Morgan fingerprint density at radius 1 is 1.41 bits per heavy atom. The lowest BCUT2D eigenvalue weighted by molar-refractivity contribution is 0.0156. The molecule has 0 heterocycles. The van der Waals surface area contributed by atoms with Gasteiger partial charge in [-0.2, -0.15) is 5.26 Å². The number of nitrogens with zero attached hydrogens (tertiary/aromatic N) is 2. The second kappa shape index (κ2) is 8.42. The van der Waals surface area contributed by atoms with Gasteiger partial charge in [0.25, 0.3) is 0 Å². The molecular formula is C15H29N2O4P. The summed E-state index contributed by atoms with van der Waals surface area (Å²) in [4.78, 5) is 20.3. The molecule has 0 radical (unpaired) electrons. The molecular weight excluding hydrogens is 303 g/mol. The van der Waals surface area contributed by atoms with Crippen molar-refractivity contribution in [3.8, 4) is 6.07 Å². The molecule has 0 aromatic rings. The zero-order valence-electron chi connectivity index (χ0n) is 14.0. The first-order chi connectivity index (χ1) is 10.1. The van der Waals surface area contributed by atoms with E-state index in [2.05, 4.69) is 13.0 Å². The molecule has 5 unspecified atom stereocenters. The Balaban J connectivity index is 2.80. The number of phosphoric acid groups is 1. The quantitative estimate of drug-likeness (QED) is 0.696. The zero-order chi connectivity index (χ0) is 16.9. The van der Waals surface area contributed by atoms with Crippen LogP contribution in [-0.2, 0) is 9.09 Å². The summed E-state index contributed by atoms with van der Waals surface area (Å²) in [6.07, 6.45) is 3.33. The number of hydrogen-bond donors (Lipinski definition) is 2. The van der Waals surface area contributed by atoms with Crippen LogP contribution in [0.25, 0.3) is 0 Å². The number of nitriles is 1. The van der Waals surface area contributed by atoms with Crippen LogP contribution < -0.4 is 0 Å². The molecule has 1 aliphatic rings. The molecule has 2 N–H and O–H groups in total. The molecule has 1 saturated carbocycles. The van der Waals surface area contributed by atoms with Crippen molar-refractivity contribution in [1.82, 2.24) is 4.90 Å². The van der Waals surface area contributed by atoms with E-state index in [0.717, 1.165) is 25.7 Å². The molecule has 1 fully saturated rings. The summed E-state index contributed by atoms with van der Waals surface area (Å²) < 4.78 is 16.4. The summed E-state index contributed by atoms with van der Waals surface area (Å²) in [7, 11) is -0.756. The molecule has 128 valence electrons. The van der Waals surface area contributed by atoms with Crippen molar-refractivity contribution in [3.63, 3.8) is 0 Å². The van der Waals surface area contributed by atoms with Gasteiger partial charge in [-0.25, -0.2) is 4.57 Å². The molecule has 1 rings (SSSR count). The average molecular weight is 332 g/mol. The maximum atomic E-state index is 11.3. The van der Waals surface area contributed by atoms with Crippen molar-refractivity contribution < 1.29 is 18.9 Å². The largest absolute Gasteiger partial charge is 0.469 e. The fourth-order valence-corrected chi connectivity index (χ4v) is 4.09. The number of hydrogen-bond acceptors (Lipinski definition) is 4. The highest BCUT2D eigenvalue weighted by Gasteiger charge is 2.37. The Morgan fingerprint density at radius 3 is 2.55 bits per heavy atom. The Kier molecular flexibility index (Phi) is 7.51. The van der Waals surface area contributed by atoms with E-state index in [1.807, 2.05) is 25.9 Å². The van der Waals surface area contributed by atoms with Crippen molar-refractivity contribution in [3.05, 3.63) is 0 Å². The van der Waals surface area contributed by atoms with Gasteiger partial charge in [-0.15, -0.1) is 0 Å². The van der Waals surface area contributed by atoms with Crippen LogP contribution in [0.1, 0.15) is 39.5 Å². The first-order valence-electron chi connectivity index (χ1n) is 7.90. The average Bonchev–Trinajstić information content (AvgIpc) is 2.38. The van der Waals surface area contributed by atoms with Crippen LogP contribution >= 0.6 is 7.82 Å². The molecule has 0 aromatic heterocycles. The van der Waals surface area contributed by atoms with Gasteiger partial charge in [-0.3, -0.25) is 4.52 Å². The van der Waals surface area contributed by atoms with Crippen LogP contribution in [-0.4, -0.2) is 41.4 Å². The molecule has 0 amide bonds. The predicted molar refractivity (Wildman–Crippen MR) is 84.9 cm³/mol. The van der Waals surface area contributed by atoms with Gasteiger partial charge in [-0.05, 0) is 51.6 Å². The van der Waals surface area contributed by atoms with Crippen molar-refractivity contribution >= 4 is 7.82 Å². The summed E-state index contributed by atoms with van der Waals surface area (Å²) in [5, 5.41) is 8.98. The van der Waals surface area contributed by atoms with Crippen LogP contribution in [0.4, 0.5) is 0 Å². The van der Waals surface area contributed by atoms with E-state index in [1.165, 1.54) is 0 Å². The van der Waals surface area contributed by atoms with Crippen molar-refractivity contribution in [2.45, 2.75) is 45.6 Å². The summed E-state index contributed by atoms with van der Waals surface area (Å²) in [6, 6.07) is 2.27. The highest BCUT2D eigenvalue weighted by atomic mass is 31.2. The van der Waals surface area contributed by atoms with Crippen LogP contribution in [0, 0.1) is 35.0 Å². The minimum Gasteiger partial charge on any atom is -0.307 e.